The summed E-state index contributed by atoms with van der Waals surface area (Å²) in [6.07, 6.45) is 2.42. The minimum absolute atomic E-state index is 0.0242. The van der Waals surface area contributed by atoms with Gasteiger partial charge in [0.1, 0.15) is 29.3 Å². The van der Waals surface area contributed by atoms with Crippen LogP contribution in [0.2, 0.25) is 0 Å². The van der Waals surface area contributed by atoms with Gasteiger partial charge in [-0.05, 0) is 31.1 Å². The van der Waals surface area contributed by atoms with Crippen molar-refractivity contribution in [1.29, 1.82) is 0 Å². The molecule has 0 bridgehead atoms. The predicted molar refractivity (Wildman–Crippen MR) is 94.0 cm³/mol. The minimum Gasteiger partial charge on any atom is -0.507 e. The maximum Gasteiger partial charge on any atom is 0.342 e. The molecule has 1 aliphatic rings. The predicted octanol–water partition coefficient (Wildman–Crippen LogP) is 1.60. The van der Waals surface area contributed by atoms with Gasteiger partial charge in [-0.1, -0.05) is 18.2 Å². The topological polar surface area (TPSA) is 113 Å². The van der Waals surface area contributed by atoms with E-state index in [0.29, 0.717) is 11.3 Å². The first-order valence-corrected chi connectivity index (χ1v) is 8.18. The average molecular weight is 362 g/mol. The zero-order valence-corrected chi connectivity index (χ0v) is 14.6. The number of aliphatic hydroxyl groups excluding tert-OH is 2. The van der Waals surface area contributed by atoms with E-state index in [1.807, 2.05) is 0 Å². The molecule has 7 heteroatoms. The fourth-order valence-corrected chi connectivity index (χ4v) is 2.51. The molecule has 0 saturated carbocycles. The van der Waals surface area contributed by atoms with E-state index >= 15 is 0 Å². The lowest BCUT2D eigenvalue weighted by molar-refractivity contribution is -0.127. The largest absolute Gasteiger partial charge is 0.507 e. The van der Waals surface area contributed by atoms with Crippen LogP contribution in [0.5, 0.6) is 11.5 Å². The lowest BCUT2D eigenvalue weighted by Crippen LogP contribution is -2.32. The number of rotatable bonds is 1. The number of ketones is 1. The molecule has 26 heavy (non-hydrogen) atoms. The average Bonchev–Trinajstić information content (AvgIpc) is 2.59. The number of aromatic hydroxyl groups is 1. The van der Waals surface area contributed by atoms with Crippen LogP contribution in [-0.4, -0.2) is 52.5 Å². The van der Waals surface area contributed by atoms with Crippen molar-refractivity contribution in [3.63, 3.8) is 0 Å². The van der Waals surface area contributed by atoms with Crippen molar-refractivity contribution in [1.82, 2.24) is 0 Å². The van der Waals surface area contributed by atoms with E-state index in [2.05, 4.69) is 0 Å². The molecule has 140 valence electrons. The van der Waals surface area contributed by atoms with E-state index in [1.54, 1.807) is 6.92 Å². The summed E-state index contributed by atoms with van der Waals surface area (Å²) in [6.45, 7) is 1.64. The summed E-state index contributed by atoms with van der Waals surface area (Å²) in [4.78, 5) is 24.3. The Balaban J connectivity index is 2.45. The molecular formula is C19H22O7. The molecule has 1 heterocycles. The third kappa shape index (κ3) is 4.71. The summed E-state index contributed by atoms with van der Waals surface area (Å²) in [7, 11) is 1.42. The zero-order chi connectivity index (χ0) is 19.3. The molecule has 0 aromatic heterocycles. The molecule has 0 amide bonds. The number of phenols is 1. The summed E-state index contributed by atoms with van der Waals surface area (Å²) >= 11 is 0. The lowest BCUT2D eigenvalue weighted by atomic mass is 10.0. The monoisotopic (exact) mass is 362 g/mol. The number of hydrogen-bond donors (Lipinski definition) is 3. The molecule has 1 unspecified atom stereocenters. The fraction of sp³-hybridized carbons (Fsp3) is 0.368. The van der Waals surface area contributed by atoms with Gasteiger partial charge in [0, 0.05) is 12.5 Å². The van der Waals surface area contributed by atoms with E-state index < -0.39 is 30.1 Å². The number of fused-ring (bicyclic) bond motifs is 1. The van der Waals surface area contributed by atoms with E-state index in [-0.39, 0.29) is 24.2 Å². The van der Waals surface area contributed by atoms with Crippen molar-refractivity contribution in [2.75, 3.05) is 7.11 Å². The molecule has 7 nitrogen and oxygen atoms in total. The third-order valence-corrected chi connectivity index (χ3v) is 3.95. The Bertz CT molecular complexity index is 736. The van der Waals surface area contributed by atoms with Crippen LogP contribution in [0.4, 0.5) is 0 Å². The number of hydrogen-bond acceptors (Lipinski definition) is 7. The molecule has 0 fully saturated rings. The second-order valence-corrected chi connectivity index (χ2v) is 6.02. The van der Waals surface area contributed by atoms with Crippen LogP contribution in [0.1, 0.15) is 35.7 Å². The summed E-state index contributed by atoms with van der Waals surface area (Å²) in [5.74, 6) is -1.29. The molecule has 3 N–H and O–H groups in total. The van der Waals surface area contributed by atoms with E-state index in [9.17, 15) is 24.9 Å². The van der Waals surface area contributed by atoms with Crippen LogP contribution in [0, 0.1) is 0 Å². The summed E-state index contributed by atoms with van der Waals surface area (Å²) in [6, 6.07) is 2.84. The number of methoxy groups -OCH3 is 1. The molecule has 1 aliphatic heterocycles. The number of benzene rings is 1. The van der Waals surface area contributed by atoms with Crippen molar-refractivity contribution in [3.05, 3.63) is 41.5 Å². The number of ether oxygens (including phenoxy) is 2. The Kier molecular flexibility index (Phi) is 6.54. The Hall–Kier alpha value is -2.64. The van der Waals surface area contributed by atoms with E-state index in [1.165, 1.54) is 37.5 Å². The van der Waals surface area contributed by atoms with Crippen molar-refractivity contribution in [3.8, 4) is 11.5 Å². The number of aliphatic hydroxyl groups is 2. The molecule has 0 aliphatic carbocycles. The first-order valence-electron chi connectivity index (χ1n) is 8.18. The first-order chi connectivity index (χ1) is 12.3. The summed E-state index contributed by atoms with van der Waals surface area (Å²) in [5.41, 5.74) is 0.306. The van der Waals surface area contributed by atoms with Crippen molar-refractivity contribution < 1.29 is 34.4 Å². The van der Waals surface area contributed by atoms with Crippen molar-refractivity contribution in [2.24, 2.45) is 0 Å². The van der Waals surface area contributed by atoms with Crippen LogP contribution in [-0.2, 0) is 9.53 Å². The normalized spacial score (nSPS) is 27.0. The number of cyclic esters (lactones) is 1. The molecular weight excluding hydrogens is 340 g/mol. The Morgan fingerprint density at radius 2 is 1.81 bits per heavy atom. The van der Waals surface area contributed by atoms with Gasteiger partial charge in [-0.15, -0.1) is 0 Å². The maximum absolute atomic E-state index is 12.4. The van der Waals surface area contributed by atoms with Gasteiger partial charge in [-0.3, -0.25) is 4.79 Å². The van der Waals surface area contributed by atoms with Crippen LogP contribution < -0.4 is 4.74 Å². The van der Waals surface area contributed by atoms with E-state index in [4.69, 9.17) is 9.47 Å². The molecule has 1 aromatic rings. The van der Waals surface area contributed by atoms with Gasteiger partial charge in [0.25, 0.3) is 0 Å². The zero-order valence-electron chi connectivity index (χ0n) is 14.6. The number of phenolic OH excluding ortho intramolecular Hbond substituents is 1. The molecule has 0 spiro atoms. The Morgan fingerprint density at radius 1 is 1.12 bits per heavy atom. The number of esters is 1. The van der Waals surface area contributed by atoms with E-state index in [0.717, 1.165) is 6.08 Å². The third-order valence-electron chi connectivity index (χ3n) is 3.95. The first kappa shape index (κ1) is 19.7. The fourth-order valence-electron chi connectivity index (χ4n) is 2.51. The molecule has 0 saturated heterocycles. The van der Waals surface area contributed by atoms with Gasteiger partial charge in [0.2, 0.25) is 0 Å². The molecule has 2 rings (SSSR count). The standard InChI is InChI=1S/C19H22O7/c1-11-5-3-7-14(20)18(23)15(21)8-4-6-12-9-13(25-2)10-16(22)17(12)19(24)26-11/h3-4,6-7,9-11,15,18,21-23H,5,8H2,1-2H3/b6-4+,7-3-/t11?,15-,18-/m1/s1. The van der Waals surface area contributed by atoms with Crippen molar-refractivity contribution >= 4 is 17.8 Å². The van der Waals surface area contributed by atoms with Gasteiger partial charge in [0.15, 0.2) is 5.78 Å². The number of carbonyl (C=O) groups excluding carboxylic acids is 2. The highest BCUT2D eigenvalue weighted by Crippen LogP contribution is 2.30. The molecule has 0 radical (unpaired) electrons. The smallest absolute Gasteiger partial charge is 0.342 e. The Morgan fingerprint density at radius 3 is 2.50 bits per heavy atom. The van der Waals surface area contributed by atoms with Gasteiger partial charge >= 0.3 is 5.97 Å². The van der Waals surface area contributed by atoms with Crippen LogP contribution in [0.3, 0.4) is 0 Å². The Labute approximate surface area is 151 Å². The van der Waals surface area contributed by atoms with Crippen LogP contribution in [0.15, 0.2) is 30.4 Å². The van der Waals surface area contributed by atoms with Gasteiger partial charge < -0.3 is 24.8 Å². The van der Waals surface area contributed by atoms with Gasteiger partial charge in [-0.2, -0.15) is 0 Å². The summed E-state index contributed by atoms with van der Waals surface area (Å²) in [5, 5.41) is 30.0. The quantitative estimate of drug-likeness (QED) is 0.650. The van der Waals surface area contributed by atoms with Crippen molar-refractivity contribution in [2.45, 2.75) is 38.1 Å². The van der Waals surface area contributed by atoms with Crippen LogP contribution in [0.25, 0.3) is 6.08 Å². The maximum atomic E-state index is 12.4. The van der Waals surface area contributed by atoms with Gasteiger partial charge in [-0.25, -0.2) is 4.79 Å². The molecule has 3 atom stereocenters. The molecule has 1 aromatic carbocycles. The highest BCUT2D eigenvalue weighted by Gasteiger charge is 2.23. The summed E-state index contributed by atoms with van der Waals surface area (Å²) < 4.78 is 10.4. The highest BCUT2D eigenvalue weighted by molar-refractivity contribution is 5.97. The minimum atomic E-state index is -1.55. The highest BCUT2D eigenvalue weighted by atomic mass is 16.5. The second-order valence-electron chi connectivity index (χ2n) is 6.02. The second kappa shape index (κ2) is 8.64. The lowest BCUT2D eigenvalue weighted by Gasteiger charge is -2.16. The number of carbonyl (C=O) groups is 2. The van der Waals surface area contributed by atoms with Crippen LogP contribution >= 0.6 is 0 Å². The SMILES string of the molecule is COc1cc(O)c2c(c1)/C=C/C[C@@H](O)[C@H](O)C(=O)/C=C\CC(C)OC2=O. The van der Waals surface area contributed by atoms with Gasteiger partial charge in [0.05, 0.1) is 13.2 Å².